The summed E-state index contributed by atoms with van der Waals surface area (Å²) in [5, 5.41) is 2.48. The van der Waals surface area contributed by atoms with Crippen molar-refractivity contribution in [1.82, 2.24) is 9.97 Å². The second-order valence-corrected chi connectivity index (χ2v) is 5.07. The van der Waals surface area contributed by atoms with Gasteiger partial charge in [0.05, 0.1) is 11.9 Å². The third-order valence-electron chi connectivity index (χ3n) is 3.68. The molecule has 0 aliphatic rings. The van der Waals surface area contributed by atoms with Gasteiger partial charge < -0.3 is 4.98 Å². The summed E-state index contributed by atoms with van der Waals surface area (Å²) < 4.78 is 0. The summed E-state index contributed by atoms with van der Waals surface area (Å²) in [6.45, 7) is 0. The fourth-order valence-electron chi connectivity index (χ4n) is 2.57. The average molecular weight is 270 g/mol. The molecule has 3 aromatic carbocycles. The maximum atomic E-state index is 4.51. The van der Waals surface area contributed by atoms with Crippen molar-refractivity contribution < 1.29 is 0 Å². The molecule has 100 valence electrons. The second-order valence-electron chi connectivity index (χ2n) is 5.07. The highest BCUT2D eigenvalue weighted by Gasteiger charge is 2.05. The number of hydrogen-bond acceptors (Lipinski definition) is 1. The van der Waals surface area contributed by atoms with Gasteiger partial charge in [-0.3, -0.25) is 0 Å². The van der Waals surface area contributed by atoms with Gasteiger partial charge in [-0.25, -0.2) is 4.98 Å². The predicted molar refractivity (Wildman–Crippen MR) is 87.0 cm³/mol. The van der Waals surface area contributed by atoms with Crippen LogP contribution in [0.5, 0.6) is 0 Å². The van der Waals surface area contributed by atoms with Gasteiger partial charge in [-0.1, -0.05) is 66.7 Å². The number of rotatable bonds is 2. The zero-order valence-electron chi connectivity index (χ0n) is 11.5. The first-order chi connectivity index (χ1) is 10.4. The van der Waals surface area contributed by atoms with Crippen LogP contribution in [0.4, 0.5) is 0 Å². The van der Waals surface area contributed by atoms with Crippen molar-refractivity contribution >= 4 is 10.8 Å². The van der Waals surface area contributed by atoms with E-state index in [2.05, 4.69) is 64.6 Å². The van der Waals surface area contributed by atoms with E-state index >= 15 is 0 Å². The molecule has 0 saturated heterocycles. The van der Waals surface area contributed by atoms with Crippen LogP contribution >= 0.6 is 0 Å². The summed E-state index contributed by atoms with van der Waals surface area (Å²) >= 11 is 0. The Hall–Kier alpha value is -2.87. The summed E-state index contributed by atoms with van der Waals surface area (Å²) in [5.41, 5.74) is 3.30. The molecule has 2 nitrogen and oxygen atoms in total. The topological polar surface area (TPSA) is 28.7 Å². The number of benzene rings is 3. The molecule has 4 aromatic rings. The summed E-state index contributed by atoms with van der Waals surface area (Å²) in [7, 11) is 0. The summed E-state index contributed by atoms with van der Waals surface area (Å²) in [6.07, 6.45) is 1.89. The molecule has 2 heteroatoms. The van der Waals surface area contributed by atoms with Gasteiger partial charge in [-0.05, 0) is 22.4 Å². The number of imidazole rings is 1. The van der Waals surface area contributed by atoms with Crippen LogP contribution in [0.3, 0.4) is 0 Å². The first-order valence-corrected chi connectivity index (χ1v) is 7.00. The van der Waals surface area contributed by atoms with E-state index in [1.807, 2.05) is 24.4 Å². The van der Waals surface area contributed by atoms with Gasteiger partial charge in [-0.2, -0.15) is 0 Å². The summed E-state index contributed by atoms with van der Waals surface area (Å²) in [4.78, 5) is 7.91. The first kappa shape index (κ1) is 11.9. The largest absolute Gasteiger partial charge is 0.338 e. The lowest BCUT2D eigenvalue weighted by Gasteiger charge is -2.01. The Balaban J connectivity index is 1.77. The van der Waals surface area contributed by atoms with Crippen LogP contribution in [0.25, 0.3) is 33.4 Å². The number of nitrogens with one attached hydrogen (secondary N) is 1. The van der Waals surface area contributed by atoms with Gasteiger partial charge in [0, 0.05) is 5.56 Å². The van der Waals surface area contributed by atoms with Crippen molar-refractivity contribution in [3.63, 3.8) is 0 Å². The van der Waals surface area contributed by atoms with Gasteiger partial charge in [-0.15, -0.1) is 0 Å². The Morgan fingerprint density at radius 3 is 2.29 bits per heavy atom. The maximum Gasteiger partial charge on any atom is 0.137 e. The van der Waals surface area contributed by atoms with E-state index in [0.717, 1.165) is 22.6 Å². The molecule has 0 unspecified atom stereocenters. The lowest BCUT2D eigenvalue weighted by atomic mass is 10.1. The van der Waals surface area contributed by atoms with Gasteiger partial charge in [0.2, 0.25) is 0 Å². The molecule has 0 spiro atoms. The average Bonchev–Trinajstić information content (AvgIpc) is 3.05. The number of aromatic amines is 1. The lowest BCUT2D eigenvalue weighted by molar-refractivity contribution is 1.31. The SMILES string of the molecule is c1ccc(-c2cnc(-c3ccc4ccccc4c3)[nH]2)cc1. The molecule has 1 aromatic heterocycles. The highest BCUT2D eigenvalue weighted by Crippen LogP contribution is 2.25. The molecule has 0 saturated carbocycles. The van der Waals surface area contributed by atoms with Gasteiger partial charge in [0.1, 0.15) is 5.82 Å². The van der Waals surface area contributed by atoms with Crippen LogP contribution in [-0.4, -0.2) is 9.97 Å². The van der Waals surface area contributed by atoms with E-state index in [0.29, 0.717) is 0 Å². The van der Waals surface area contributed by atoms with E-state index in [-0.39, 0.29) is 0 Å². The standard InChI is InChI=1S/C19H14N2/c1-2-7-15(8-3-1)18-13-20-19(21-18)17-11-10-14-6-4-5-9-16(14)12-17/h1-13H,(H,20,21). The lowest BCUT2D eigenvalue weighted by Crippen LogP contribution is -1.82. The van der Waals surface area contributed by atoms with E-state index in [9.17, 15) is 0 Å². The molecular weight excluding hydrogens is 256 g/mol. The van der Waals surface area contributed by atoms with Crippen LogP contribution in [0.2, 0.25) is 0 Å². The first-order valence-electron chi connectivity index (χ1n) is 7.00. The van der Waals surface area contributed by atoms with Crippen LogP contribution in [0.1, 0.15) is 0 Å². The minimum atomic E-state index is 0.902. The van der Waals surface area contributed by atoms with Gasteiger partial charge in [0.25, 0.3) is 0 Å². The monoisotopic (exact) mass is 270 g/mol. The number of hydrogen-bond donors (Lipinski definition) is 1. The third-order valence-corrected chi connectivity index (χ3v) is 3.68. The van der Waals surface area contributed by atoms with E-state index < -0.39 is 0 Å². The zero-order chi connectivity index (χ0) is 14.1. The fraction of sp³-hybridized carbons (Fsp3) is 0. The van der Waals surface area contributed by atoms with Crippen molar-refractivity contribution in [2.45, 2.75) is 0 Å². The maximum absolute atomic E-state index is 4.51. The Bertz CT molecular complexity index is 892. The molecule has 0 radical (unpaired) electrons. The minimum Gasteiger partial charge on any atom is -0.338 e. The second kappa shape index (κ2) is 4.91. The van der Waals surface area contributed by atoms with Crippen LogP contribution in [-0.2, 0) is 0 Å². The van der Waals surface area contributed by atoms with Crippen molar-refractivity contribution in [2.75, 3.05) is 0 Å². The fourth-order valence-corrected chi connectivity index (χ4v) is 2.57. The molecule has 0 amide bonds. The molecule has 0 aliphatic carbocycles. The molecule has 1 heterocycles. The quantitative estimate of drug-likeness (QED) is 0.551. The number of nitrogens with zero attached hydrogens (tertiary/aromatic N) is 1. The highest BCUT2D eigenvalue weighted by atomic mass is 14.9. The highest BCUT2D eigenvalue weighted by molar-refractivity contribution is 5.86. The van der Waals surface area contributed by atoms with Crippen molar-refractivity contribution in [1.29, 1.82) is 0 Å². The number of fused-ring (bicyclic) bond motifs is 1. The van der Waals surface area contributed by atoms with E-state index in [4.69, 9.17) is 0 Å². The minimum absolute atomic E-state index is 0.902. The van der Waals surface area contributed by atoms with Crippen LogP contribution in [0.15, 0.2) is 79.0 Å². The molecule has 0 fully saturated rings. The normalized spacial score (nSPS) is 10.9. The molecular formula is C19H14N2. The molecule has 4 rings (SSSR count). The van der Waals surface area contributed by atoms with Crippen LogP contribution < -0.4 is 0 Å². The molecule has 0 bridgehead atoms. The van der Waals surface area contributed by atoms with E-state index in [1.54, 1.807) is 0 Å². The smallest absolute Gasteiger partial charge is 0.137 e. The Kier molecular flexibility index (Phi) is 2.79. The predicted octanol–water partition coefficient (Wildman–Crippen LogP) is 4.90. The molecule has 1 N–H and O–H groups in total. The van der Waals surface area contributed by atoms with E-state index in [1.165, 1.54) is 10.8 Å². The van der Waals surface area contributed by atoms with Gasteiger partial charge >= 0.3 is 0 Å². The van der Waals surface area contributed by atoms with Crippen molar-refractivity contribution in [3.8, 4) is 22.6 Å². The summed E-state index contributed by atoms with van der Waals surface area (Å²) in [5.74, 6) is 0.902. The Morgan fingerprint density at radius 1 is 0.667 bits per heavy atom. The van der Waals surface area contributed by atoms with Crippen molar-refractivity contribution in [2.24, 2.45) is 0 Å². The van der Waals surface area contributed by atoms with Crippen LogP contribution in [0, 0.1) is 0 Å². The number of aromatic nitrogens is 2. The summed E-state index contributed by atoms with van der Waals surface area (Å²) in [6, 6.07) is 25.0. The van der Waals surface area contributed by atoms with Gasteiger partial charge in [0.15, 0.2) is 0 Å². The molecule has 0 aliphatic heterocycles. The Labute approximate surface area is 123 Å². The third kappa shape index (κ3) is 2.21. The zero-order valence-corrected chi connectivity index (χ0v) is 11.5. The molecule has 21 heavy (non-hydrogen) atoms. The van der Waals surface area contributed by atoms with Crippen molar-refractivity contribution in [3.05, 3.63) is 79.0 Å². The molecule has 0 atom stereocenters. The Morgan fingerprint density at radius 2 is 1.43 bits per heavy atom. The number of H-pyrrole nitrogens is 1.